The fourth-order valence-electron chi connectivity index (χ4n) is 8.23. The van der Waals surface area contributed by atoms with Gasteiger partial charge < -0.3 is 24.5 Å². The second-order valence-electron chi connectivity index (χ2n) is 13.2. The van der Waals surface area contributed by atoms with Crippen molar-refractivity contribution in [1.82, 2.24) is 4.90 Å². The van der Waals surface area contributed by atoms with Gasteiger partial charge in [-0.3, -0.25) is 14.4 Å². The summed E-state index contributed by atoms with van der Waals surface area (Å²) < 4.78 is 4.97. The molecule has 0 aromatic heterocycles. The normalized spacial score (nSPS) is 26.2. The number of amides is 2. The zero-order valence-electron chi connectivity index (χ0n) is 28.6. The number of rotatable bonds is 17. The quantitative estimate of drug-likeness (QED) is 0.127. The van der Waals surface area contributed by atoms with Gasteiger partial charge in [-0.15, -0.1) is 24.9 Å². The van der Waals surface area contributed by atoms with Gasteiger partial charge in [0, 0.05) is 36.3 Å². The summed E-state index contributed by atoms with van der Waals surface area (Å²) in [4.78, 5) is 49.4. The molecule has 5 rings (SSSR count). The van der Waals surface area contributed by atoms with Crippen LogP contribution in [0.4, 0.5) is 11.4 Å². The minimum Gasteiger partial charge on any atom is -0.465 e. The van der Waals surface area contributed by atoms with Crippen molar-refractivity contribution in [2.75, 3.05) is 42.6 Å². The molecule has 2 bridgehead atoms. The van der Waals surface area contributed by atoms with Gasteiger partial charge in [0.1, 0.15) is 6.04 Å². The minimum absolute atomic E-state index is 0.0104. The lowest BCUT2D eigenvalue weighted by molar-refractivity contribution is -0.155. The summed E-state index contributed by atoms with van der Waals surface area (Å²) in [5, 5.41) is 10.8. The third-order valence-corrected chi connectivity index (χ3v) is 12.6. The summed E-state index contributed by atoms with van der Waals surface area (Å²) >= 11 is 1.62. The Morgan fingerprint density at radius 1 is 1.06 bits per heavy atom. The predicted molar refractivity (Wildman–Crippen MR) is 194 cm³/mol. The second-order valence-corrected chi connectivity index (χ2v) is 14.8. The van der Waals surface area contributed by atoms with E-state index in [0.717, 1.165) is 43.6 Å². The number of aliphatic hydroxyl groups excluding tert-OH is 1. The van der Waals surface area contributed by atoms with Crippen LogP contribution in [0.3, 0.4) is 0 Å². The van der Waals surface area contributed by atoms with Gasteiger partial charge in [-0.1, -0.05) is 49.4 Å². The van der Waals surface area contributed by atoms with Crippen LogP contribution in [0.15, 0.2) is 79.9 Å². The molecule has 48 heavy (non-hydrogen) atoms. The Labute approximate surface area is 290 Å². The number of carbonyl (C=O) groups excluding carboxylic acids is 3. The van der Waals surface area contributed by atoms with Crippen molar-refractivity contribution in [3.05, 3.63) is 85.5 Å². The number of esters is 1. The van der Waals surface area contributed by atoms with Crippen molar-refractivity contribution < 1.29 is 24.2 Å². The summed E-state index contributed by atoms with van der Waals surface area (Å²) in [7, 11) is 0. The topological polar surface area (TPSA) is 90.4 Å². The molecule has 3 aliphatic rings. The molecule has 3 aliphatic heterocycles. The number of carbonyl (C=O) groups is 3. The summed E-state index contributed by atoms with van der Waals surface area (Å²) in [5.41, 5.74) is 2.74. The van der Waals surface area contributed by atoms with Crippen molar-refractivity contribution in [1.29, 1.82) is 0 Å². The first-order valence-corrected chi connectivity index (χ1v) is 18.3. The molecule has 258 valence electrons. The van der Waals surface area contributed by atoms with Crippen LogP contribution in [-0.4, -0.2) is 82.7 Å². The van der Waals surface area contributed by atoms with Gasteiger partial charge in [-0.2, -0.15) is 0 Å². The van der Waals surface area contributed by atoms with Crippen LogP contribution >= 0.6 is 11.8 Å². The number of anilines is 2. The molecular formula is C39H51N3O5S. The van der Waals surface area contributed by atoms with Crippen LogP contribution in [0.5, 0.6) is 0 Å². The maximum absolute atomic E-state index is 15.2. The molecule has 2 aromatic carbocycles. The molecule has 0 radical (unpaired) electrons. The van der Waals surface area contributed by atoms with E-state index in [1.807, 2.05) is 60.7 Å². The van der Waals surface area contributed by atoms with Crippen molar-refractivity contribution in [3.63, 3.8) is 0 Å². The fraction of sp³-hybridized carbons (Fsp3) is 0.513. The van der Waals surface area contributed by atoms with E-state index >= 15 is 4.79 Å². The van der Waals surface area contributed by atoms with Crippen molar-refractivity contribution in [3.8, 4) is 0 Å². The highest BCUT2D eigenvalue weighted by Crippen LogP contribution is 2.69. The number of allylic oxidation sites excluding steroid dienone is 1. The van der Waals surface area contributed by atoms with Crippen molar-refractivity contribution in [2.45, 2.75) is 75.0 Å². The van der Waals surface area contributed by atoms with Gasteiger partial charge in [0.15, 0.2) is 0 Å². The molecule has 1 N–H and O–H groups in total. The smallest absolute Gasteiger partial charge is 0.310 e. The molecule has 2 aromatic rings. The number of likely N-dealkylation sites (tertiary alicyclic amines) is 1. The number of hydrogen-bond acceptors (Lipinski definition) is 7. The summed E-state index contributed by atoms with van der Waals surface area (Å²) in [6.07, 6.45) is 7.10. The molecule has 0 aliphatic carbocycles. The van der Waals surface area contributed by atoms with Crippen molar-refractivity contribution in [2.24, 2.45) is 17.8 Å². The van der Waals surface area contributed by atoms with E-state index in [2.05, 4.69) is 38.8 Å². The number of ether oxygens (including phenoxy) is 1. The van der Waals surface area contributed by atoms with E-state index < -0.39 is 28.7 Å². The molecule has 3 unspecified atom stereocenters. The number of nitrogens with zero attached hydrogens (tertiary/aromatic N) is 3. The van der Waals surface area contributed by atoms with Gasteiger partial charge >= 0.3 is 5.97 Å². The first-order valence-electron chi connectivity index (χ1n) is 17.5. The highest BCUT2D eigenvalue weighted by atomic mass is 32.2. The second kappa shape index (κ2) is 15.8. The Bertz CT molecular complexity index is 1450. The Hall–Kier alpha value is -3.56. The summed E-state index contributed by atoms with van der Waals surface area (Å²) in [5.74, 6) is -2.18. The molecule has 8 nitrogen and oxygen atoms in total. The monoisotopic (exact) mass is 673 g/mol. The number of hydrogen-bond donors (Lipinski definition) is 1. The highest BCUT2D eigenvalue weighted by molar-refractivity contribution is 8.02. The van der Waals surface area contributed by atoms with E-state index in [0.29, 0.717) is 25.1 Å². The van der Waals surface area contributed by atoms with Crippen LogP contribution in [-0.2, 0) is 25.5 Å². The molecule has 0 saturated carbocycles. The average molecular weight is 674 g/mol. The molecule has 3 saturated heterocycles. The molecule has 7 atom stereocenters. The zero-order chi connectivity index (χ0) is 34.4. The molecular weight excluding hydrogens is 623 g/mol. The van der Waals surface area contributed by atoms with E-state index in [1.165, 1.54) is 0 Å². The van der Waals surface area contributed by atoms with Gasteiger partial charge in [0.25, 0.3) is 5.91 Å². The van der Waals surface area contributed by atoms with E-state index in [4.69, 9.17) is 4.74 Å². The van der Waals surface area contributed by atoms with Crippen LogP contribution in [0, 0.1) is 17.8 Å². The number of thioether (sulfide) groups is 1. The largest absolute Gasteiger partial charge is 0.465 e. The molecule has 1 spiro atoms. The SMILES string of the molecule is C=CCCCCOC(=O)[C@@H]1[C@@H]2CC(C)C3(S2)C(C(=O)N(CC=C)c2ccc(N(CC)CC)cc2)N([C@@H](CO)Cc2ccccc2)C(=O)[C@H]13. The molecule has 9 heteroatoms. The Kier molecular flexibility index (Phi) is 11.7. The van der Waals surface area contributed by atoms with Gasteiger partial charge in [0.2, 0.25) is 5.91 Å². The zero-order valence-corrected chi connectivity index (χ0v) is 29.4. The standard InChI is InChI=1S/C39H51N3O5S/c1-6-10-11-15-23-47-38(46)33-32-24-27(5)39(48-32)34(33)36(44)42(31(26-43)25-28-16-13-12-14-17-28)35(39)37(45)41(22-7-2)30-20-18-29(19-21-30)40(8-3)9-4/h6-7,12-14,16-21,27,31-35,43H,1-2,8-11,15,22-26H2,3-5H3/t27?,31-,32+,33-,34+,35?,39?/m1/s1. The van der Waals surface area contributed by atoms with Crippen LogP contribution in [0.2, 0.25) is 0 Å². The Morgan fingerprint density at radius 2 is 1.75 bits per heavy atom. The van der Waals surface area contributed by atoms with E-state index in [1.54, 1.807) is 27.6 Å². The third-order valence-electron chi connectivity index (χ3n) is 10.5. The van der Waals surface area contributed by atoms with Crippen LogP contribution in [0.1, 0.15) is 52.0 Å². The Morgan fingerprint density at radius 3 is 2.38 bits per heavy atom. The average Bonchev–Trinajstić information content (AvgIpc) is 3.70. The maximum atomic E-state index is 15.2. The van der Waals surface area contributed by atoms with Gasteiger partial charge in [-0.05, 0) is 81.7 Å². The lowest BCUT2D eigenvalue weighted by Gasteiger charge is -2.42. The Balaban J connectivity index is 1.55. The van der Waals surface area contributed by atoms with Gasteiger partial charge in [-0.25, -0.2) is 0 Å². The lowest BCUT2D eigenvalue weighted by Crippen LogP contribution is -2.59. The maximum Gasteiger partial charge on any atom is 0.310 e. The van der Waals surface area contributed by atoms with E-state index in [9.17, 15) is 14.7 Å². The predicted octanol–water partition coefficient (Wildman–Crippen LogP) is 5.89. The highest BCUT2D eigenvalue weighted by Gasteiger charge is 2.77. The van der Waals surface area contributed by atoms with Crippen LogP contribution in [0.25, 0.3) is 0 Å². The lowest BCUT2D eigenvalue weighted by atomic mass is 9.66. The van der Waals surface area contributed by atoms with Crippen molar-refractivity contribution >= 4 is 40.9 Å². The van der Waals surface area contributed by atoms with Gasteiger partial charge in [0.05, 0.1) is 35.8 Å². The molecule has 2 amide bonds. The number of aliphatic hydroxyl groups is 1. The third kappa shape index (κ3) is 6.56. The summed E-state index contributed by atoms with van der Waals surface area (Å²) in [6, 6.07) is 16.2. The first-order chi connectivity index (χ1) is 23.3. The minimum atomic E-state index is -0.881. The molecule has 3 heterocycles. The number of fused-ring (bicyclic) bond motifs is 1. The fourth-order valence-corrected chi connectivity index (χ4v) is 10.6. The first kappa shape index (κ1) is 35.7. The van der Waals surface area contributed by atoms with E-state index in [-0.39, 0.29) is 42.1 Å². The number of unbranched alkanes of at least 4 members (excludes halogenated alkanes) is 2. The van der Waals surface area contributed by atoms with Crippen LogP contribution < -0.4 is 9.80 Å². The number of benzene rings is 2. The summed E-state index contributed by atoms with van der Waals surface area (Å²) in [6.45, 7) is 16.0. The molecule has 3 fully saturated rings.